The molecule has 3 heterocycles. The summed E-state index contributed by atoms with van der Waals surface area (Å²) in [4.78, 5) is 31.3. The van der Waals surface area contributed by atoms with Crippen LogP contribution in [0.2, 0.25) is 0 Å². The van der Waals surface area contributed by atoms with Crippen molar-refractivity contribution in [3.05, 3.63) is 52.5 Å². The lowest BCUT2D eigenvalue weighted by molar-refractivity contribution is -0.130. The fraction of sp³-hybridized carbons (Fsp3) is 0.267. The number of aromatic amines is 2. The lowest BCUT2D eigenvalue weighted by atomic mass is 10.2. The van der Waals surface area contributed by atoms with Gasteiger partial charge in [-0.15, -0.1) is 0 Å². The summed E-state index contributed by atoms with van der Waals surface area (Å²) in [6, 6.07) is 7.29. The van der Waals surface area contributed by atoms with Gasteiger partial charge in [0.25, 0.3) is 0 Å². The minimum absolute atomic E-state index is 0.0883. The van der Waals surface area contributed by atoms with Gasteiger partial charge in [-0.2, -0.15) is 5.10 Å². The third-order valence-electron chi connectivity index (χ3n) is 3.43. The predicted molar refractivity (Wildman–Crippen MR) is 83.7 cm³/mol. The number of pyridine rings is 1. The van der Waals surface area contributed by atoms with Crippen LogP contribution in [0.4, 0.5) is 0 Å². The van der Waals surface area contributed by atoms with Gasteiger partial charge in [-0.1, -0.05) is 11.2 Å². The van der Waals surface area contributed by atoms with Crippen LogP contribution in [0.15, 0.2) is 39.8 Å². The quantitative estimate of drug-likeness (QED) is 0.688. The maximum absolute atomic E-state index is 12.1. The number of carbonyl (C=O) groups is 1. The summed E-state index contributed by atoms with van der Waals surface area (Å²) in [6.07, 6.45) is 2.27. The molecule has 3 aromatic rings. The molecule has 0 saturated carbocycles. The molecule has 0 atom stereocenters. The van der Waals surface area contributed by atoms with Crippen LogP contribution in [0.5, 0.6) is 0 Å². The first-order valence-electron chi connectivity index (χ1n) is 7.36. The van der Waals surface area contributed by atoms with E-state index in [0.29, 0.717) is 35.9 Å². The normalized spacial score (nSPS) is 10.7. The smallest absolute Gasteiger partial charge is 0.340 e. The van der Waals surface area contributed by atoms with Crippen molar-refractivity contribution in [2.45, 2.75) is 19.4 Å². The molecule has 0 fully saturated rings. The van der Waals surface area contributed by atoms with E-state index in [4.69, 9.17) is 4.52 Å². The molecular formula is C15H16N6O3. The zero-order chi connectivity index (χ0) is 16.9. The van der Waals surface area contributed by atoms with Crippen molar-refractivity contribution in [3.63, 3.8) is 0 Å². The summed E-state index contributed by atoms with van der Waals surface area (Å²) in [5.41, 5.74) is 0.957. The topological polar surface area (TPSA) is 121 Å². The first-order valence-corrected chi connectivity index (χ1v) is 7.36. The monoisotopic (exact) mass is 328 g/mol. The standard InChI is InChI=1S/C15H16N6O3/c1-21(14(22)6-5-13-17-15(23)19-18-13)9-10-8-12(20-24-10)11-4-2-3-7-16-11/h2-4,7-8H,5-6,9H2,1H3,(H2,17,18,19,23). The van der Waals surface area contributed by atoms with E-state index in [-0.39, 0.29) is 18.0 Å². The fourth-order valence-electron chi connectivity index (χ4n) is 2.18. The number of aromatic nitrogens is 5. The maximum Gasteiger partial charge on any atom is 0.340 e. The molecule has 0 bridgehead atoms. The van der Waals surface area contributed by atoms with Crippen molar-refractivity contribution >= 4 is 5.91 Å². The van der Waals surface area contributed by atoms with Crippen LogP contribution >= 0.6 is 0 Å². The predicted octanol–water partition coefficient (Wildman–Crippen LogP) is 0.739. The molecule has 9 nitrogen and oxygen atoms in total. The number of nitrogens with one attached hydrogen (secondary N) is 2. The van der Waals surface area contributed by atoms with Crippen molar-refractivity contribution in [1.29, 1.82) is 0 Å². The number of hydrogen-bond acceptors (Lipinski definition) is 6. The molecule has 3 rings (SSSR count). The molecule has 3 aromatic heterocycles. The Morgan fingerprint density at radius 1 is 1.33 bits per heavy atom. The lowest BCUT2D eigenvalue weighted by Gasteiger charge is -2.14. The largest absolute Gasteiger partial charge is 0.359 e. The second-order valence-corrected chi connectivity index (χ2v) is 5.27. The SMILES string of the molecule is CN(Cc1cc(-c2ccccn2)no1)C(=O)CCc1n[nH]c(=O)[nH]1. The highest BCUT2D eigenvalue weighted by Gasteiger charge is 2.14. The fourth-order valence-corrected chi connectivity index (χ4v) is 2.18. The number of nitrogens with zero attached hydrogens (tertiary/aromatic N) is 4. The van der Waals surface area contributed by atoms with Gasteiger partial charge in [0, 0.05) is 32.2 Å². The zero-order valence-corrected chi connectivity index (χ0v) is 13.0. The summed E-state index contributed by atoms with van der Waals surface area (Å²) >= 11 is 0. The van der Waals surface area contributed by atoms with E-state index in [1.54, 1.807) is 19.3 Å². The van der Waals surface area contributed by atoms with E-state index in [1.165, 1.54) is 4.90 Å². The van der Waals surface area contributed by atoms with E-state index >= 15 is 0 Å². The first-order chi connectivity index (χ1) is 11.6. The minimum atomic E-state index is -0.380. The van der Waals surface area contributed by atoms with Crippen LogP contribution in [-0.2, 0) is 17.8 Å². The van der Waals surface area contributed by atoms with Gasteiger partial charge in [0.2, 0.25) is 5.91 Å². The third kappa shape index (κ3) is 3.75. The van der Waals surface area contributed by atoms with Crippen molar-refractivity contribution < 1.29 is 9.32 Å². The molecule has 0 saturated heterocycles. The van der Waals surface area contributed by atoms with E-state index < -0.39 is 0 Å². The Morgan fingerprint density at radius 2 is 2.21 bits per heavy atom. The third-order valence-corrected chi connectivity index (χ3v) is 3.43. The van der Waals surface area contributed by atoms with Crippen LogP contribution in [0, 0.1) is 0 Å². The second kappa shape index (κ2) is 6.90. The first kappa shape index (κ1) is 15.7. The van der Waals surface area contributed by atoms with Gasteiger partial charge in [0.15, 0.2) is 5.76 Å². The molecule has 0 aliphatic carbocycles. The number of aryl methyl sites for hydroxylation is 1. The van der Waals surface area contributed by atoms with E-state index in [2.05, 4.69) is 25.3 Å². The summed E-state index contributed by atoms with van der Waals surface area (Å²) in [5.74, 6) is 0.938. The van der Waals surface area contributed by atoms with Crippen molar-refractivity contribution in [2.75, 3.05) is 7.05 Å². The number of amides is 1. The van der Waals surface area contributed by atoms with Crippen molar-refractivity contribution in [2.24, 2.45) is 0 Å². The highest BCUT2D eigenvalue weighted by Crippen LogP contribution is 2.17. The summed E-state index contributed by atoms with van der Waals surface area (Å²) < 4.78 is 5.26. The van der Waals surface area contributed by atoms with Crippen molar-refractivity contribution in [1.82, 2.24) is 30.2 Å². The highest BCUT2D eigenvalue weighted by molar-refractivity contribution is 5.76. The van der Waals surface area contributed by atoms with E-state index in [9.17, 15) is 9.59 Å². The van der Waals surface area contributed by atoms with Crippen LogP contribution in [0.3, 0.4) is 0 Å². The Labute approximate surface area is 136 Å². The minimum Gasteiger partial charge on any atom is -0.359 e. The molecule has 0 spiro atoms. The van der Waals surface area contributed by atoms with Gasteiger partial charge in [-0.05, 0) is 12.1 Å². The molecular weight excluding hydrogens is 312 g/mol. The second-order valence-electron chi connectivity index (χ2n) is 5.27. The molecule has 24 heavy (non-hydrogen) atoms. The Kier molecular flexibility index (Phi) is 4.50. The molecule has 0 radical (unpaired) electrons. The van der Waals surface area contributed by atoms with Crippen LogP contribution in [-0.4, -0.2) is 43.2 Å². The Hall–Kier alpha value is -3.23. The summed E-state index contributed by atoms with van der Waals surface area (Å²) in [6.45, 7) is 0.301. The molecule has 1 amide bonds. The average Bonchev–Trinajstić information content (AvgIpc) is 3.22. The van der Waals surface area contributed by atoms with Crippen molar-refractivity contribution in [3.8, 4) is 11.4 Å². The zero-order valence-electron chi connectivity index (χ0n) is 13.0. The van der Waals surface area contributed by atoms with Gasteiger partial charge in [-0.25, -0.2) is 9.89 Å². The maximum atomic E-state index is 12.1. The lowest BCUT2D eigenvalue weighted by Crippen LogP contribution is -2.26. The molecule has 0 aromatic carbocycles. The molecule has 9 heteroatoms. The Bertz CT molecular complexity index is 866. The number of rotatable bonds is 6. The Morgan fingerprint density at radius 3 is 2.92 bits per heavy atom. The number of carbonyl (C=O) groups excluding carboxylic acids is 1. The highest BCUT2D eigenvalue weighted by atomic mass is 16.5. The molecule has 0 unspecified atom stereocenters. The van der Waals surface area contributed by atoms with Gasteiger partial charge in [0.05, 0.1) is 12.2 Å². The molecule has 2 N–H and O–H groups in total. The Balaban J connectivity index is 1.56. The van der Waals surface area contributed by atoms with E-state index in [0.717, 1.165) is 0 Å². The van der Waals surface area contributed by atoms with E-state index in [1.807, 2.05) is 18.2 Å². The molecule has 124 valence electrons. The van der Waals surface area contributed by atoms with Gasteiger partial charge in [0.1, 0.15) is 11.5 Å². The van der Waals surface area contributed by atoms with Gasteiger partial charge in [-0.3, -0.25) is 14.8 Å². The van der Waals surface area contributed by atoms with Crippen LogP contribution in [0.1, 0.15) is 18.0 Å². The molecule has 0 aliphatic heterocycles. The summed E-state index contributed by atoms with van der Waals surface area (Å²) in [5, 5.41) is 10.00. The van der Waals surface area contributed by atoms with Gasteiger partial charge >= 0.3 is 5.69 Å². The van der Waals surface area contributed by atoms with Crippen LogP contribution < -0.4 is 5.69 Å². The van der Waals surface area contributed by atoms with Gasteiger partial charge < -0.3 is 9.42 Å². The number of H-pyrrole nitrogens is 2. The average molecular weight is 328 g/mol. The molecule has 0 aliphatic rings. The number of hydrogen-bond donors (Lipinski definition) is 2. The van der Waals surface area contributed by atoms with Crippen LogP contribution in [0.25, 0.3) is 11.4 Å². The summed E-state index contributed by atoms with van der Waals surface area (Å²) in [7, 11) is 1.68.